The summed E-state index contributed by atoms with van der Waals surface area (Å²) in [7, 11) is 0. The Hall–Kier alpha value is -1.71. The molecule has 0 aliphatic heterocycles. The Morgan fingerprint density at radius 3 is 2.36 bits per heavy atom. The highest BCUT2D eigenvalue weighted by Gasteiger charge is 2.07. The van der Waals surface area contributed by atoms with Crippen LogP contribution in [0, 0.1) is 13.8 Å². The standard InChI is InChI=1S/C17H18Cl2N2O/c1-4-20-10-21-16-5-12(3)17(6-11(16)2)22-15-8-13(18)7-14(19)9-15/h5-10H,4H2,1-3H3,(H,20,21). The molecular weight excluding hydrogens is 319 g/mol. The molecule has 1 N–H and O–H groups in total. The molecule has 0 saturated heterocycles. The predicted molar refractivity (Wildman–Crippen MR) is 95.1 cm³/mol. The Morgan fingerprint density at radius 2 is 1.73 bits per heavy atom. The monoisotopic (exact) mass is 336 g/mol. The van der Waals surface area contributed by atoms with E-state index in [1.807, 2.05) is 32.9 Å². The lowest BCUT2D eigenvalue weighted by Gasteiger charge is -2.13. The first-order chi connectivity index (χ1) is 10.5. The predicted octanol–water partition coefficient (Wildman–Crippen LogP) is 5.86. The quantitative estimate of drug-likeness (QED) is 0.547. The molecule has 0 radical (unpaired) electrons. The topological polar surface area (TPSA) is 33.6 Å². The zero-order valence-corrected chi connectivity index (χ0v) is 14.3. The molecule has 0 heterocycles. The highest BCUT2D eigenvalue weighted by molar-refractivity contribution is 6.34. The van der Waals surface area contributed by atoms with Crippen LogP contribution in [-0.2, 0) is 0 Å². The molecule has 0 bridgehead atoms. The van der Waals surface area contributed by atoms with Gasteiger partial charge in [-0.3, -0.25) is 4.99 Å². The first kappa shape index (κ1) is 16.7. The van der Waals surface area contributed by atoms with Crippen LogP contribution in [0.3, 0.4) is 0 Å². The average molecular weight is 337 g/mol. The van der Waals surface area contributed by atoms with Crippen molar-refractivity contribution >= 4 is 35.2 Å². The fourth-order valence-electron chi connectivity index (χ4n) is 1.98. The Kier molecular flexibility index (Phi) is 5.69. The van der Waals surface area contributed by atoms with Gasteiger partial charge >= 0.3 is 0 Å². The Balaban J connectivity index is 2.25. The van der Waals surface area contributed by atoms with Gasteiger partial charge in [-0.15, -0.1) is 0 Å². The molecule has 5 heteroatoms. The molecule has 0 amide bonds. The zero-order valence-electron chi connectivity index (χ0n) is 12.8. The van der Waals surface area contributed by atoms with Gasteiger partial charge in [0.1, 0.15) is 11.5 Å². The number of rotatable bonds is 5. The van der Waals surface area contributed by atoms with Crippen molar-refractivity contribution in [3.63, 3.8) is 0 Å². The molecule has 0 saturated carbocycles. The molecule has 2 rings (SSSR count). The molecule has 0 aromatic heterocycles. The number of ether oxygens (including phenoxy) is 1. The van der Waals surface area contributed by atoms with Gasteiger partial charge in [0.25, 0.3) is 0 Å². The van der Waals surface area contributed by atoms with Crippen LogP contribution in [0.25, 0.3) is 0 Å². The van der Waals surface area contributed by atoms with E-state index in [2.05, 4.69) is 10.3 Å². The van der Waals surface area contributed by atoms with Crippen molar-refractivity contribution in [3.05, 3.63) is 51.5 Å². The minimum absolute atomic E-state index is 0.547. The summed E-state index contributed by atoms with van der Waals surface area (Å²) in [5.41, 5.74) is 3.08. The van der Waals surface area contributed by atoms with Crippen LogP contribution in [0.5, 0.6) is 11.5 Å². The van der Waals surface area contributed by atoms with Gasteiger partial charge in [0.15, 0.2) is 0 Å². The van der Waals surface area contributed by atoms with E-state index in [0.717, 1.165) is 29.1 Å². The van der Waals surface area contributed by atoms with Crippen molar-refractivity contribution in [3.8, 4) is 11.5 Å². The molecule has 116 valence electrons. The second-order valence-electron chi connectivity index (χ2n) is 4.91. The minimum Gasteiger partial charge on any atom is -0.457 e. The molecule has 0 atom stereocenters. The summed E-state index contributed by atoms with van der Waals surface area (Å²) in [6.07, 6.45) is 1.71. The van der Waals surface area contributed by atoms with Crippen LogP contribution in [0.4, 0.5) is 5.69 Å². The maximum absolute atomic E-state index is 5.99. The van der Waals surface area contributed by atoms with Gasteiger partial charge in [-0.05, 0) is 62.2 Å². The van der Waals surface area contributed by atoms with Crippen molar-refractivity contribution in [2.24, 2.45) is 4.99 Å². The first-order valence-corrected chi connectivity index (χ1v) is 7.75. The number of nitrogens with one attached hydrogen (secondary N) is 1. The summed E-state index contributed by atoms with van der Waals surface area (Å²) >= 11 is 12.0. The number of aryl methyl sites for hydroxylation is 2. The van der Waals surface area contributed by atoms with E-state index >= 15 is 0 Å². The fourth-order valence-corrected chi connectivity index (χ4v) is 2.48. The average Bonchev–Trinajstić information content (AvgIpc) is 2.43. The van der Waals surface area contributed by atoms with Crippen molar-refractivity contribution in [1.29, 1.82) is 0 Å². The number of anilines is 1. The molecule has 0 spiro atoms. The Labute approximate surface area is 140 Å². The van der Waals surface area contributed by atoms with E-state index in [0.29, 0.717) is 15.8 Å². The van der Waals surface area contributed by atoms with Crippen molar-refractivity contribution in [2.45, 2.75) is 20.8 Å². The molecule has 0 fully saturated rings. The summed E-state index contributed by atoms with van der Waals surface area (Å²) in [6.45, 7) is 6.74. The molecule has 3 nitrogen and oxygen atoms in total. The zero-order chi connectivity index (χ0) is 16.1. The van der Waals surface area contributed by atoms with Gasteiger partial charge in [-0.2, -0.15) is 0 Å². The third-order valence-electron chi connectivity index (χ3n) is 3.08. The van der Waals surface area contributed by atoms with Gasteiger partial charge in [-0.25, -0.2) is 0 Å². The van der Waals surface area contributed by atoms with Crippen LogP contribution in [-0.4, -0.2) is 12.9 Å². The van der Waals surface area contributed by atoms with E-state index in [1.165, 1.54) is 0 Å². The molecule has 2 aromatic carbocycles. The molecule has 0 aliphatic carbocycles. The lowest BCUT2D eigenvalue weighted by molar-refractivity contribution is 0.478. The van der Waals surface area contributed by atoms with Crippen molar-refractivity contribution in [1.82, 2.24) is 0 Å². The maximum Gasteiger partial charge on any atom is 0.130 e. The van der Waals surface area contributed by atoms with Gasteiger partial charge in [0.2, 0.25) is 0 Å². The van der Waals surface area contributed by atoms with Crippen molar-refractivity contribution in [2.75, 3.05) is 11.9 Å². The van der Waals surface area contributed by atoms with Crippen LogP contribution in [0.15, 0.2) is 35.3 Å². The second-order valence-corrected chi connectivity index (χ2v) is 5.78. The molecule has 2 aromatic rings. The Morgan fingerprint density at radius 1 is 1.05 bits per heavy atom. The van der Waals surface area contributed by atoms with Crippen LogP contribution in [0.1, 0.15) is 18.1 Å². The van der Waals surface area contributed by atoms with Gasteiger partial charge in [0.05, 0.1) is 6.34 Å². The van der Waals surface area contributed by atoms with E-state index < -0.39 is 0 Å². The lowest BCUT2D eigenvalue weighted by Crippen LogP contribution is -1.99. The summed E-state index contributed by atoms with van der Waals surface area (Å²) < 4.78 is 5.90. The molecule has 22 heavy (non-hydrogen) atoms. The number of hydrogen-bond donors (Lipinski definition) is 1. The highest BCUT2D eigenvalue weighted by atomic mass is 35.5. The Bertz CT molecular complexity index is 679. The van der Waals surface area contributed by atoms with E-state index in [-0.39, 0.29) is 0 Å². The van der Waals surface area contributed by atoms with Crippen LogP contribution in [0.2, 0.25) is 10.0 Å². The lowest BCUT2D eigenvalue weighted by atomic mass is 10.1. The molecule has 0 aliphatic rings. The molecule has 0 unspecified atom stereocenters. The van der Waals surface area contributed by atoms with Crippen molar-refractivity contribution < 1.29 is 4.74 Å². The number of aliphatic imine (C=N–C) groups is 1. The van der Waals surface area contributed by atoms with E-state index in [9.17, 15) is 0 Å². The van der Waals surface area contributed by atoms with E-state index in [4.69, 9.17) is 27.9 Å². The number of hydrogen-bond acceptors (Lipinski definition) is 2. The number of nitrogens with zero attached hydrogens (tertiary/aromatic N) is 1. The summed E-state index contributed by atoms with van der Waals surface area (Å²) in [5.74, 6) is 1.39. The highest BCUT2D eigenvalue weighted by Crippen LogP contribution is 2.32. The fraction of sp³-hybridized carbons (Fsp3) is 0.235. The number of halogens is 2. The van der Waals surface area contributed by atoms with Crippen LogP contribution >= 0.6 is 23.2 Å². The third-order valence-corrected chi connectivity index (χ3v) is 3.52. The smallest absolute Gasteiger partial charge is 0.130 e. The van der Waals surface area contributed by atoms with Crippen LogP contribution < -0.4 is 10.1 Å². The number of benzene rings is 2. The van der Waals surface area contributed by atoms with Gasteiger partial charge in [-0.1, -0.05) is 23.2 Å². The summed E-state index contributed by atoms with van der Waals surface area (Å²) in [5, 5.41) is 4.27. The normalized spacial score (nSPS) is 11.0. The second kappa shape index (κ2) is 7.52. The minimum atomic E-state index is 0.547. The first-order valence-electron chi connectivity index (χ1n) is 6.99. The SMILES string of the molecule is CCN=CNc1cc(C)c(Oc2cc(Cl)cc(Cl)c2)cc1C. The van der Waals surface area contributed by atoms with Gasteiger partial charge in [0, 0.05) is 22.3 Å². The summed E-state index contributed by atoms with van der Waals surface area (Å²) in [6, 6.07) is 9.16. The largest absolute Gasteiger partial charge is 0.457 e. The third kappa shape index (κ3) is 4.39. The maximum atomic E-state index is 5.99. The summed E-state index contributed by atoms with van der Waals surface area (Å²) in [4.78, 5) is 4.15. The van der Waals surface area contributed by atoms with E-state index in [1.54, 1.807) is 24.5 Å². The molecular formula is C17H18Cl2N2O. The van der Waals surface area contributed by atoms with Gasteiger partial charge < -0.3 is 10.1 Å².